The Hall–Kier alpha value is -2.63. The molecule has 1 aliphatic heterocycles. The normalized spacial score (nSPS) is 14.4. The van der Waals surface area contributed by atoms with E-state index in [2.05, 4.69) is 10.3 Å². The molecule has 1 aliphatic rings. The molecule has 0 bridgehead atoms. The van der Waals surface area contributed by atoms with Crippen LogP contribution in [0, 0.1) is 0 Å². The Morgan fingerprint density at radius 1 is 1.26 bits per heavy atom. The third-order valence-corrected chi connectivity index (χ3v) is 4.10. The van der Waals surface area contributed by atoms with Gasteiger partial charge in [-0.25, -0.2) is 0 Å². The minimum absolute atomic E-state index is 0.172. The van der Waals surface area contributed by atoms with Gasteiger partial charge in [0.15, 0.2) is 0 Å². The van der Waals surface area contributed by atoms with Gasteiger partial charge in [0, 0.05) is 43.2 Å². The SMILES string of the molecule is O=C(NCCCN1CCCC1=O)C(=O)c1c[nH]c2ccccc12. The zero-order chi connectivity index (χ0) is 16.2. The lowest BCUT2D eigenvalue weighted by atomic mass is 10.1. The molecule has 3 rings (SSSR count). The van der Waals surface area contributed by atoms with Gasteiger partial charge in [-0.15, -0.1) is 0 Å². The Kier molecular flexibility index (Phi) is 4.41. The van der Waals surface area contributed by atoms with Crippen LogP contribution in [0.25, 0.3) is 10.9 Å². The fourth-order valence-electron chi connectivity index (χ4n) is 2.87. The summed E-state index contributed by atoms with van der Waals surface area (Å²) in [7, 11) is 0. The highest BCUT2D eigenvalue weighted by Gasteiger charge is 2.21. The molecule has 1 aromatic carbocycles. The molecule has 0 atom stereocenters. The van der Waals surface area contributed by atoms with E-state index in [9.17, 15) is 14.4 Å². The molecule has 2 amide bonds. The standard InChI is InChI=1S/C17H19N3O3/c21-15-7-3-9-20(15)10-4-8-18-17(23)16(22)13-11-19-14-6-2-1-5-12(13)14/h1-2,5-6,11,19H,3-4,7-10H2,(H,18,23). The third-order valence-electron chi connectivity index (χ3n) is 4.10. The number of carbonyl (C=O) groups is 3. The van der Waals surface area contributed by atoms with E-state index in [1.165, 1.54) is 0 Å². The highest BCUT2D eigenvalue weighted by Crippen LogP contribution is 2.18. The monoisotopic (exact) mass is 313 g/mol. The largest absolute Gasteiger partial charge is 0.360 e. The summed E-state index contributed by atoms with van der Waals surface area (Å²) in [6, 6.07) is 7.37. The van der Waals surface area contributed by atoms with Gasteiger partial charge < -0.3 is 15.2 Å². The molecule has 0 unspecified atom stereocenters. The van der Waals surface area contributed by atoms with Crippen molar-refractivity contribution in [2.75, 3.05) is 19.6 Å². The fourth-order valence-corrected chi connectivity index (χ4v) is 2.87. The van der Waals surface area contributed by atoms with Crippen LogP contribution in [-0.2, 0) is 9.59 Å². The van der Waals surface area contributed by atoms with Crippen LogP contribution in [0.15, 0.2) is 30.5 Å². The molecule has 23 heavy (non-hydrogen) atoms. The molecule has 2 heterocycles. The number of aromatic amines is 1. The van der Waals surface area contributed by atoms with Gasteiger partial charge in [-0.3, -0.25) is 14.4 Å². The van der Waals surface area contributed by atoms with Crippen LogP contribution in [0.1, 0.15) is 29.6 Å². The number of Topliss-reactive ketones (excluding diaryl/α,β-unsaturated/α-hetero) is 1. The van der Waals surface area contributed by atoms with Gasteiger partial charge in [0.05, 0.1) is 5.56 Å². The van der Waals surface area contributed by atoms with Crippen LogP contribution in [0.5, 0.6) is 0 Å². The molecule has 2 N–H and O–H groups in total. The summed E-state index contributed by atoms with van der Waals surface area (Å²) in [5.74, 6) is -0.978. The quantitative estimate of drug-likeness (QED) is 0.481. The lowest BCUT2D eigenvalue weighted by Gasteiger charge is -2.15. The minimum Gasteiger partial charge on any atom is -0.360 e. The number of rotatable bonds is 6. The first-order chi connectivity index (χ1) is 11.2. The predicted octanol–water partition coefficient (Wildman–Crippen LogP) is 1.48. The number of H-pyrrole nitrogens is 1. The number of hydrogen-bond acceptors (Lipinski definition) is 3. The molecule has 0 radical (unpaired) electrons. The van der Waals surface area contributed by atoms with Gasteiger partial charge in [0.25, 0.3) is 11.7 Å². The molecule has 0 saturated carbocycles. The lowest BCUT2D eigenvalue weighted by Crippen LogP contribution is -2.34. The van der Waals surface area contributed by atoms with Crippen molar-refractivity contribution in [1.29, 1.82) is 0 Å². The minimum atomic E-state index is -0.609. The Morgan fingerprint density at radius 3 is 2.87 bits per heavy atom. The van der Waals surface area contributed by atoms with E-state index in [1.54, 1.807) is 11.1 Å². The second-order valence-electron chi connectivity index (χ2n) is 5.67. The van der Waals surface area contributed by atoms with Gasteiger partial charge in [-0.05, 0) is 18.9 Å². The number of para-hydroxylation sites is 1. The number of likely N-dealkylation sites (tertiary alicyclic amines) is 1. The van der Waals surface area contributed by atoms with E-state index in [4.69, 9.17) is 0 Å². The summed E-state index contributed by atoms with van der Waals surface area (Å²) >= 11 is 0. The number of nitrogens with zero attached hydrogens (tertiary/aromatic N) is 1. The average molecular weight is 313 g/mol. The van der Waals surface area contributed by atoms with Crippen molar-refractivity contribution in [2.45, 2.75) is 19.3 Å². The topological polar surface area (TPSA) is 82.3 Å². The Labute approximate surface area is 133 Å². The second-order valence-corrected chi connectivity index (χ2v) is 5.67. The summed E-state index contributed by atoms with van der Waals surface area (Å²) < 4.78 is 0. The summed E-state index contributed by atoms with van der Waals surface area (Å²) in [4.78, 5) is 40.5. The van der Waals surface area contributed by atoms with Crippen LogP contribution in [0.2, 0.25) is 0 Å². The number of amides is 2. The van der Waals surface area contributed by atoms with Gasteiger partial charge >= 0.3 is 0 Å². The van der Waals surface area contributed by atoms with Gasteiger partial charge in [-0.2, -0.15) is 0 Å². The van der Waals surface area contributed by atoms with Gasteiger partial charge in [0.2, 0.25) is 5.91 Å². The second kappa shape index (κ2) is 6.64. The number of ketones is 1. The summed E-state index contributed by atoms with van der Waals surface area (Å²) in [5, 5.41) is 3.38. The molecule has 1 fully saturated rings. The Morgan fingerprint density at radius 2 is 2.09 bits per heavy atom. The summed E-state index contributed by atoms with van der Waals surface area (Å²) in [5.41, 5.74) is 1.21. The average Bonchev–Trinajstić information content (AvgIpc) is 3.17. The number of aromatic nitrogens is 1. The van der Waals surface area contributed by atoms with Crippen LogP contribution in [-0.4, -0.2) is 47.1 Å². The molecule has 120 valence electrons. The Bertz CT molecular complexity index is 750. The first kappa shape index (κ1) is 15.3. The molecule has 0 aliphatic carbocycles. The zero-order valence-electron chi connectivity index (χ0n) is 12.8. The fraction of sp³-hybridized carbons (Fsp3) is 0.353. The highest BCUT2D eigenvalue weighted by atomic mass is 16.2. The van der Waals surface area contributed by atoms with E-state index in [1.807, 2.05) is 24.3 Å². The molecule has 1 saturated heterocycles. The van der Waals surface area contributed by atoms with Crippen LogP contribution >= 0.6 is 0 Å². The molecular formula is C17H19N3O3. The summed E-state index contributed by atoms with van der Waals surface area (Å²) in [6.45, 7) is 1.80. The summed E-state index contributed by atoms with van der Waals surface area (Å²) in [6.07, 6.45) is 3.74. The smallest absolute Gasteiger partial charge is 0.292 e. The first-order valence-corrected chi connectivity index (χ1v) is 7.83. The number of nitrogens with one attached hydrogen (secondary N) is 2. The van der Waals surface area contributed by atoms with E-state index in [0.29, 0.717) is 31.5 Å². The number of benzene rings is 1. The van der Waals surface area contributed by atoms with E-state index in [0.717, 1.165) is 23.9 Å². The van der Waals surface area contributed by atoms with E-state index < -0.39 is 11.7 Å². The molecular weight excluding hydrogens is 294 g/mol. The maximum Gasteiger partial charge on any atom is 0.292 e. The van der Waals surface area contributed by atoms with E-state index >= 15 is 0 Å². The van der Waals surface area contributed by atoms with Gasteiger partial charge in [0.1, 0.15) is 0 Å². The van der Waals surface area contributed by atoms with Crippen molar-refractivity contribution in [3.63, 3.8) is 0 Å². The lowest BCUT2D eigenvalue weighted by molar-refractivity contribution is -0.127. The molecule has 2 aromatic rings. The maximum absolute atomic E-state index is 12.2. The highest BCUT2D eigenvalue weighted by molar-refractivity contribution is 6.44. The molecule has 1 aromatic heterocycles. The van der Waals surface area contributed by atoms with Crippen molar-refractivity contribution in [3.8, 4) is 0 Å². The number of hydrogen-bond donors (Lipinski definition) is 2. The third kappa shape index (κ3) is 3.26. The van der Waals surface area contributed by atoms with Gasteiger partial charge in [-0.1, -0.05) is 18.2 Å². The van der Waals surface area contributed by atoms with Crippen molar-refractivity contribution >= 4 is 28.5 Å². The Balaban J connectivity index is 1.52. The predicted molar refractivity (Wildman–Crippen MR) is 86.1 cm³/mol. The van der Waals surface area contributed by atoms with Crippen LogP contribution < -0.4 is 5.32 Å². The van der Waals surface area contributed by atoms with E-state index in [-0.39, 0.29) is 5.91 Å². The van der Waals surface area contributed by atoms with Crippen molar-refractivity contribution < 1.29 is 14.4 Å². The number of carbonyl (C=O) groups excluding carboxylic acids is 3. The van der Waals surface area contributed by atoms with Crippen molar-refractivity contribution in [2.24, 2.45) is 0 Å². The molecule has 0 spiro atoms. The zero-order valence-corrected chi connectivity index (χ0v) is 12.8. The van der Waals surface area contributed by atoms with Crippen LogP contribution in [0.3, 0.4) is 0 Å². The van der Waals surface area contributed by atoms with Crippen molar-refractivity contribution in [1.82, 2.24) is 15.2 Å². The molecule has 6 heteroatoms. The number of fused-ring (bicyclic) bond motifs is 1. The maximum atomic E-state index is 12.2. The van der Waals surface area contributed by atoms with Crippen LogP contribution in [0.4, 0.5) is 0 Å². The van der Waals surface area contributed by atoms with Crippen molar-refractivity contribution in [3.05, 3.63) is 36.0 Å². The molecule has 6 nitrogen and oxygen atoms in total. The first-order valence-electron chi connectivity index (χ1n) is 7.83.